The van der Waals surface area contributed by atoms with Gasteiger partial charge in [0, 0.05) is 11.6 Å². The van der Waals surface area contributed by atoms with Crippen LogP contribution in [0.3, 0.4) is 0 Å². The summed E-state index contributed by atoms with van der Waals surface area (Å²) in [5, 5.41) is 0. The van der Waals surface area contributed by atoms with Crippen molar-refractivity contribution in [1.82, 2.24) is 4.90 Å². The van der Waals surface area contributed by atoms with Crippen LogP contribution in [0.25, 0.3) is 0 Å². The molecule has 0 aromatic heterocycles. The van der Waals surface area contributed by atoms with Gasteiger partial charge in [-0.05, 0) is 56.8 Å². The van der Waals surface area contributed by atoms with E-state index in [0.717, 1.165) is 18.8 Å². The maximum atomic E-state index is 6.63. The van der Waals surface area contributed by atoms with Crippen molar-refractivity contribution >= 4 is 0 Å². The Bertz CT molecular complexity index is 414. The minimum atomic E-state index is 0.0536. The molecular formula is C18H30N2. The Labute approximate surface area is 124 Å². The van der Waals surface area contributed by atoms with Crippen molar-refractivity contribution in [2.75, 3.05) is 14.1 Å². The molecule has 20 heavy (non-hydrogen) atoms. The fourth-order valence-electron chi connectivity index (χ4n) is 3.63. The molecule has 2 N–H and O–H groups in total. The number of likely N-dealkylation sites (N-methyl/N-ethyl adjacent to an activating group) is 1. The zero-order valence-corrected chi connectivity index (χ0v) is 13.5. The molecular weight excluding hydrogens is 244 g/mol. The van der Waals surface area contributed by atoms with E-state index in [0.29, 0.717) is 0 Å². The Morgan fingerprint density at radius 3 is 2.05 bits per heavy atom. The molecule has 1 aromatic rings. The summed E-state index contributed by atoms with van der Waals surface area (Å²) in [4.78, 5) is 2.30. The summed E-state index contributed by atoms with van der Waals surface area (Å²) in [6.45, 7) is 4.48. The molecule has 112 valence electrons. The van der Waals surface area contributed by atoms with Crippen LogP contribution >= 0.6 is 0 Å². The quantitative estimate of drug-likeness (QED) is 0.847. The minimum Gasteiger partial charge on any atom is -0.322 e. The Morgan fingerprint density at radius 1 is 1.15 bits per heavy atom. The van der Waals surface area contributed by atoms with Crippen LogP contribution in [0.1, 0.15) is 69.0 Å². The third kappa shape index (κ3) is 2.64. The van der Waals surface area contributed by atoms with Gasteiger partial charge < -0.3 is 10.6 Å². The Kier molecular flexibility index (Phi) is 4.87. The number of rotatable bonds is 6. The van der Waals surface area contributed by atoms with Crippen LogP contribution in [0.15, 0.2) is 24.3 Å². The average molecular weight is 274 g/mol. The SMILES string of the molecule is CCC(CC)(C(N)c1ccc(C2CCC2)cc1)N(C)C. The van der Waals surface area contributed by atoms with E-state index < -0.39 is 0 Å². The van der Waals surface area contributed by atoms with E-state index in [9.17, 15) is 0 Å². The predicted octanol–water partition coefficient (Wildman–Crippen LogP) is 4.07. The van der Waals surface area contributed by atoms with Crippen LogP contribution in [0.4, 0.5) is 0 Å². The first-order valence-electron chi connectivity index (χ1n) is 8.08. The second-order valence-corrected chi connectivity index (χ2v) is 6.48. The van der Waals surface area contributed by atoms with E-state index in [2.05, 4.69) is 57.1 Å². The van der Waals surface area contributed by atoms with E-state index in [4.69, 9.17) is 5.73 Å². The van der Waals surface area contributed by atoms with Gasteiger partial charge in [0.2, 0.25) is 0 Å². The highest BCUT2D eigenvalue weighted by atomic mass is 15.2. The number of hydrogen-bond acceptors (Lipinski definition) is 2. The first-order valence-corrected chi connectivity index (χ1v) is 8.08. The van der Waals surface area contributed by atoms with Gasteiger partial charge in [-0.2, -0.15) is 0 Å². The van der Waals surface area contributed by atoms with E-state index >= 15 is 0 Å². The molecule has 1 unspecified atom stereocenters. The molecule has 1 atom stereocenters. The molecule has 0 spiro atoms. The third-order valence-electron chi connectivity index (χ3n) is 5.57. The Morgan fingerprint density at radius 2 is 1.70 bits per heavy atom. The van der Waals surface area contributed by atoms with Crippen LogP contribution in [0, 0.1) is 0 Å². The summed E-state index contributed by atoms with van der Waals surface area (Å²) < 4.78 is 0. The number of hydrogen-bond donors (Lipinski definition) is 1. The highest BCUT2D eigenvalue weighted by Crippen LogP contribution is 2.38. The molecule has 2 rings (SSSR count). The first kappa shape index (κ1) is 15.5. The van der Waals surface area contributed by atoms with Gasteiger partial charge in [-0.25, -0.2) is 0 Å². The van der Waals surface area contributed by atoms with Gasteiger partial charge in [0.15, 0.2) is 0 Å². The minimum absolute atomic E-state index is 0.0536. The van der Waals surface area contributed by atoms with E-state index in [1.165, 1.54) is 30.4 Å². The maximum Gasteiger partial charge on any atom is 0.0481 e. The summed E-state index contributed by atoms with van der Waals surface area (Å²) in [7, 11) is 4.30. The lowest BCUT2D eigenvalue weighted by atomic mass is 9.77. The molecule has 1 aliphatic rings. The van der Waals surface area contributed by atoms with Gasteiger partial charge >= 0.3 is 0 Å². The topological polar surface area (TPSA) is 29.3 Å². The number of nitrogens with zero attached hydrogens (tertiary/aromatic N) is 1. The molecule has 0 radical (unpaired) electrons. The average Bonchev–Trinajstić information content (AvgIpc) is 2.39. The van der Waals surface area contributed by atoms with Crippen LogP contribution in [-0.2, 0) is 0 Å². The van der Waals surface area contributed by atoms with E-state index in [1.54, 1.807) is 0 Å². The largest absolute Gasteiger partial charge is 0.322 e. The summed E-state index contributed by atoms with van der Waals surface area (Å²) in [5.41, 5.74) is 9.45. The molecule has 0 saturated heterocycles. The van der Waals surface area contributed by atoms with Crippen molar-refractivity contribution < 1.29 is 0 Å². The van der Waals surface area contributed by atoms with Gasteiger partial charge in [-0.1, -0.05) is 44.5 Å². The summed E-state index contributed by atoms with van der Waals surface area (Å²) >= 11 is 0. The second-order valence-electron chi connectivity index (χ2n) is 6.48. The first-order chi connectivity index (χ1) is 9.55. The van der Waals surface area contributed by atoms with Crippen molar-refractivity contribution in [1.29, 1.82) is 0 Å². The standard InChI is InChI=1S/C18H30N2/c1-5-18(6-2,20(3)4)17(19)16-12-10-15(11-13-16)14-8-7-9-14/h10-14,17H,5-9,19H2,1-4H3. The van der Waals surface area contributed by atoms with E-state index in [-0.39, 0.29) is 11.6 Å². The normalized spacial score (nSPS) is 18.1. The molecule has 0 aliphatic heterocycles. The van der Waals surface area contributed by atoms with Gasteiger partial charge in [0.1, 0.15) is 0 Å². The second kappa shape index (κ2) is 6.28. The molecule has 1 aliphatic carbocycles. The molecule has 0 bridgehead atoms. The van der Waals surface area contributed by atoms with Gasteiger partial charge in [-0.15, -0.1) is 0 Å². The lowest BCUT2D eigenvalue weighted by Gasteiger charge is -2.43. The summed E-state index contributed by atoms with van der Waals surface area (Å²) in [6.07, 6.45) is 6.25. The van der Waals surface area contributed by atoms with Crippen molar-refractivity contribution in [2.24, 2.45) is 5.73 Å². The lowest BCUT2D eigenvalue weighted by molar-refractivity contribution is 0.106. The molecule has 1 fully saturated rings. The lowest BCUT2D eigenvalue weighted by Crippen LogP contribution is -2.51. The number of benzene rings is 1. The smallest absolute Gasteiger partial charge is 0.0481 e. The van der Waals surface area contributed by atoms with Crippen LogP contribution < -0.4 is 5.73 Å². The zero-order chi connectivity index (χ0) is 14.8. The fourth-order valence-corrected chi connectivity index (χ4v) is 3.63. The third-order valence-corrected chi connectivity index (χ3v) is 5.57. The monoisotopic (exact) mass is 274 g/mol. The summed E-state index contributed by atoms with van der Waals surface area (Å²) in [5.74, 6) is 0.802. The Hall–Kier alpha value is -0.860. The van der Waals surface area contributed by atoms with Crippen molar-refractivity contribution in [3.05, 3.63) is 35.4 Å². The molecule has 0 heterocycles. The van der Waals surface area contributed by atoms with Gasteiger partial charge in [0.25, 0.3) is 0 Å². The highest BCUT2D eigenvalue weighted by molar-refractivity contribution is 5.30. The molecule has 2 heteroatoms. The van der Waals surface area contributed by atoms with Crippen molar-refractivity contribution in [3.63, 3.8) is 0 Å². The maximum absolute atomic E-state index is 6.63. The van der Waals surface area contributed by atoms with Crippen LogP contribution in [0.5, 0.6) is 0 Å². The molecule has 0 amide bonds. The predicted molar refractivity (Wildman–Crippen MR) is 87.0 cm³/mol. The van der Waals surface area contributed by atoms with Crippen LogP contribution in [-0.4, -0.2) is 24.5 Å². The number of nitrogens with two attached hydrogens (primary N) is 1. The van der Waals surface area contributed by atoms with Crippen LogP contribution in [0.2, 0.25) is 0 Å². The van der Waals surface area contributed by atoms with Gasteiger partial charge in [-0.3, -0.25) is 0 Å². The summed E-state index contributed by atoms with van der Waals surface area (Å²) in [6, 6.07) is 9.17. The molecule has 2 nitrogen and oxygen atoms in total. The van der Waals surface area contributed by atoms with E-state index in [1.807, 2.05) is 0 Å². The highest BCUT2D eigenvalue weighted by Gasteiger charge is 2.36. The molecule has 1 saturated carbocycles. The zero-order valence-electron chi connectivity index (χ0n) is 13.5. The Balaban J connectivity index is 2.20. The molecule has 1 aromatic carbocycles. The fraction of sp³-hybridized carbons (Fsp3) is 0.667. The van der Waals surface area contributed by atoms with Gasteiger partial charge in [0.05, 0.1) is 0 Å². The van der Waals surface area contributed by atoms with Crippen molar-refractivity contribution in [3.8, 4) is 0 Å². The van der Waals surface area contributed by atoms with Crippen molar-refractivity contribution in [2.45, 2.75) is 63.5 Å².